The van der Waals surface area contributed by atoms with Gasteiger partial charge in [0.15, 0.2) is 0 Å². The lowest BCUT2D eigenvalue weighted by Crippen LogP contribution is -2.15. The molecule has 1 aliphatic carbocycles. The minimum atomic E-state index is -0.0562. The van der Waals surface area contributed by atoms with Gasteiger partial charge in [0, 0.05) is 22.1 Å². The molecule has 6 rings (SSSR count). The Morgan fingerprint density at radius 1 is 0.545 bits per heavy atom. The first-order valence-electron chi connectivity index (χ1n) is 11.4. The highest BCUT2D eigenvalue weighted by molar-refractivity contribution is 5.86. The van der Waals surface area contributed by atoms with Gasteiger partial charge in [-0.1, -0.05) is 111 Å². The number of hydrogen-bond donors (Lipinski definition) is 0. The molecule has 1 aliphatic rings. The molecule has 5 aromatic rings. The normalized spacial score (nSPS) is 13.4. The van der Waals surface area contributed by atoms with Crippen LogP contribution >= 0.6 is 0 Å². The Morgan fingerprint density at radius 2 is 1.18 bits per heavy atom. The SMILES string of the molecule is CC1(C)c2ccccc2-c2ccc(-c3nc(-c4ccccc4)cnc3-c3ccccc3)cc21. The largest absolute Gasteiger partial charge is 0.252 e. The third kappa shape index (κ3) is 3.18. The zero-order valence-corrected chi connectivity index (χ0v) is 18.8. The van der Waals surface area contributed by atoms with Crippen LogP contribution in [0.25, 0.3) is 44.9 Å². The van der Waals surface area contributed by atoms with Crippen molar-refractivity contribution in [3.8, 4) is 44.9 Å². The summed E-state index contributed by atoms with van der Waals surface area (Å²) in [5.74, 6) is 0. The van der Waals surface area contributed by atoms with Crippen LogP contribution in [0, 0.1) is 0 Å². The van der Waals surface area contributed by atoms with Gasteiger partial charge in [-0.2, -0.15) is 0 Å². The van der Waals surface area contributed by atoms with Crippen molar-refractivity contribution in [3.05, 3.63) is 120 Å². The van der Waals surface area contributed by atoms with Gasteiger partial charge in [0.25, 0.3) is 0 Å². The Balaban J connectivity index is 1.57. The summed E-state index contributed by atoms with van der Waals surface area (Å²) >= 11 is 0. The van der Waals surface area contributed by atoms with E-state index in [1.807, 2.05) is 42.6 Å². The molecule has 0 atom stereocenters. The minimum absolute atomic E-state index is 0.0562. The molecule has 0 saturated heterocycles. The second-order valence-electron chi connectivity index (χ2n) is 9.12. The highest BCUT2D eigenvalue weighted by Crippen LogP contribution is 2.49. The Bertz CT molecular complexity index is 1470. The fourth-order valence-electron chi connectivity index (χ4n) is 5.00. The molecule has 33 heavy (non-hydrogen) atoms. The maximum Gasteiger partial charge on any atom is 0.0972 e. The molecule has 1 aromatic heterocycles. The fraction of sp³-hybridized carbons (Fsp3) is 0.0968. The highest BCUT2D eigenvalue weighted by Gasteiger charge is 2.35. The summed E-state index contributed by atoms with van der Waals surface area (Å²) in [6, 6.07) is 36.1. The Labute approximate surface area is 194 Å². The minimum Gasteiger partial charge on any atom is -0.252 e. The molecule has 0 radical (unpaired) electrons. The van der Waals surface area contributed by atoms with Gasteiger partial charge >= 0.3 is 0 Å². The van der Waals surface area contributed by atoms with Gasteiger partial charge in [0.2, 0.25) is 0 Å². The molecule has 158 valence electrons. The number of rotatable bonds is 3. The third-order valence-corrected chi connectivity index (χ3v) is 6.75. The molecular formula is C31H24N2. The van der Waals surface area contributed by atoms with E-state index in [1.54, 1.807) is 0 Å². The molecule has 2 nitrogen and oxygen atoms in total. The number of fused-ring (bicyclic) bond motifs is 3. The Morgan fingerprint density at radius 3 is 1.94 bits per heavy atom. The predicted molar refractivity (Wildman–Crippen MR) is 136 cm³/mol. The van der Waals surface area contributed by atoms with Crippen molar-refractivity contribution in [1.82, 2.24) is 9.97 Å². The molecule has 4 aromatic carbocycles. The summed E-state index contributed by atoms with van der Waals surface area (Å²) < 4.78 is 0. The second-order valence-corrected chi connectivity index (χ2v) is 9.12. The summed E-state index contributed by atoms with van der Waals surface area (Å²) in [6.45, 7) is 4.62. The topological polar surface area (TPSA) is 25.8 Å². The molecular weight excluding hydrogens is 400 g/mol. The van der Waals surface area contributed by atoms with Crippen molar-refractivity contribution in [3.63, 3.8) is 0 Å². The molecule has 2 heteroatoms. The first-order valence-corrected chi connectivity index (χ1v) is 11.4. The molecule has 0 unspecified atom stereocenters. The van der Waals surface area contributed by atoms with Crippen molar-refractivity contribution < 1.29 is 0 Å². The summed E-state index contributed by atoms with van der Waals surface area (Å²) in [7, 11) is 0. The van der Waals surface area contributed by atoms with Crippen LogP contribution in [-0.4, -0.2) is 9.97 Å². The quantitative estimate of drug-likeness (QED) is 0.295. The van der Waals surface area contributed by atoms with Crippen LogP contribution in [0.1, 0.15) is 25.0 Å². The van der Waals surface area contributed by atoms with Gasteiger partial charge < -0.3 is 0 Å². The fourth-order valence-corrected chi connectivity index (χ4v) is 5.00. The third-order valence-electron chi connectivity index (χ3n) is 6.75. The Hall–Kier alpha value is -4.04. The van der Waals surface area contributed by atoms with Gasteiger partial charge in [-0.3, -0.25) is 4.98 Å². The van der Waals surface area contributed by atoms with E-state index in [1.165, 1.54) is 22.3 Å². The van der Waals surface area contributed by atoms with E-state index in [0.717, 1.165) is 33.8 Å². The molecule has 0 spiro atoms. The molecule has 1 heterocycles. The average Bonchev–Trinajstić information content (AvgIpc) is 3.11. The van der Waals surface area contributed by atoms with E-state index >= 15 is 0 Å². The van der Waals surface area contributed by atoms with Crippen LogP contribution in [-0.2, 0) is 5.41 Å². The monoisotopic (exact) mass is 424 g/mol. The molecule has 0 amide bonds. The lowest BCUT2D eigenvalue weighted by Gasteiger charge is -2.22. The van der Waals surface area contributed by atoms with E-state index in [0.29, 0.717) is 0 Å². The van der Waals surface area contributed by atoms with Crippen molar-refractivity contribution in [2.24, 2.45) is 0 Å². The van der Waals surface area contributed by atoms with Crippen LogP contribution in [0.15, 0.2) is 109 Å². The van der Waals surface area contributed by atoms with E-state index < -0.39 is 0 Å². The van der Waals surface area contributed by atoms with Gasteiger partial charge in [0.05, 0.1) is 23.3 Å². The molecule has 0 aliphatic heterocycles. The van der Waals surface area contributed by atoms with Crippen LogP contribution in [0.2, 0.25) is 0 Å². The molecule has 0 N–H and O–H groups in total. The average molecular weight is 425 g/mol. The van der Waals surface area contributed by atoms with E-state index in [-0.39, 0.29) is 5.41 Å². The zero-order valence-electron chi connectivity index (χ0n) is 18.8. The van der Waals surface area contributed by atoms with Crippen LogP contribution < -0.4 is 0 Å². The second kappa shape index (κ2) is 7.53. The zero-order chi connectivity index (χ0) is 22.4. The highest BCUT2D eigenvalue weighted by atomic mass is 14.8. The van der Waals surface area contributed by atoms with Gasteiger partial charge in [0.1, 0.15) is 0 Å². The van der Waals surface area contributed by atoms with Gasteiger partial charge in [-0.25, -0.2) is 4.98 Å². The number of hydrogen-bond acceptors (Lipinski definition) is 2. The maximum absolute atomic E-state index is 5.15. The smallest absolute Gasteiger partial charge is 0.0972 e. The van der Waals surface area contributed by atoms with E-state index in [4.69, 9.17) is 9.97 Å². The Kier molecular flexibility index (Phi) is 4.48. The molecule has 0 saturated carbocycles. The summed E-state index contributed by atoms with van der Waals surface area (Å²) in [6.07, 6.45) is 1.88. The van der Waals surface area contributed by atoms with Crippen molar-refractivity contribution in [2.75, 3.05) is 0 Å². The number of nitrogens with zero attached hydrogens (tertiary/aromatic N) is 2. The summed E-state index contributed by atoms with van der Waals surface area (Å²) in [5.41, 5.74) is 11.2. The van der Waals surface area contributed by atoms with Crippen molar-refractivity contribution in [1.29, 1.82) is 0 Å². The predicted octanol–water partition coefficient (Wildman–Crippen LogP) is 7.78. The molecule has 0 bridgehead atoms. The first kappa shape index (κ1) is 19.6. The lowest BCUT2D eigenvalue weighted by atomic mass is 9.81. The van der Waals surface area contributed by atoms with Crippen LogP contribution in [0.5, 0.6) is 0 Å². The van der Waals surface area contributed by atoms with Crippen LogP contribution in [0.4, 0.5) is 0 Å². The van der Waals surface area contributed by atoms with Gasteiger partial charge in [-0.15, -0.1) is 0 Å². The maximum atomic E-state index is 5.15. The summed E-state index contributed by atoms with van der Waals surface area (Å²) in [5, 5.41) is 0. The molecule has 0 fully saturated rings. The standard InChI is InChI=1S/C31H24N2/c1-31(2)26-16-10-9-15-24(26)25-18-17-23(19-27(25)31)30-29(22-13-7-4-8-14-22)32-20-28(33-30)21-11-5-3-6-12-21/h3-20H,1-2H3. The van der Waals surface area contributed by atoms with Crippen molar-refractivity contribution >= 4 is 0 Å². The summed E-state index contributed by atoms with van der Waals surface area (Å²) in [4.78, 5) is 10.1. The first-order chi connectivity index (χ1) is 16.1. The van der Waals surface area contributed by atoms with Gasteiger partial charge in [-0.05, 0) is 28.3 Å². The number of benzene rings is 4. The van der Waals surface area contributed by atoms with E-state index in [2.05, 4.69) is 80.6 Å². The lowest BCUT2D eigenvalue weighted by molar-refractivity contribution is 0.660. The van der Waals surface area contributed by atoms with E-state index in [9.17, 15) is 0 Å². The van der Waals surface area contributed by atoms with Crippen LogP contribution in [0.3, 0.4) is 0 Å². The number of aromatic nitrogens is 2. The van der Waals surface area contributed by atoms with Crippen molar-refractivity contribution in [2.45, 2.75) is 19.3 Å².